The number of hydrogen-bond donors (Lipinski definition) is 1. The van der Waals surface area contributed by atoms with Crippen LogP contribution in [0.3, 0.4) is 0 Å². The SMILES string of the molecule is Cn1ncc2c(N3C[C@@H](O)C[C@H]3c3ccc(F)cc3)ncnc21. The molecule has 0 saturated carbocycles. The van der Waals surface area contributed by atoms with Gasteiger partial charge in [0, 0.05) is 13.6 Å². The number of aromatic nitrogens is 4. The Balaban J connectivity index is 1.80. The van der Waals surface area contributed by atoms with E-state index in [-0.39, 0.29) is 11.9 Å². The fourth-order valence-corrected chi connectivity index (χ4v) is 3.23. The van der Waals surface area contributed by atoms with Gasteiger partial charge in [-0.2, -0.15) is 5.10 Å². The van der Waals surface area contributed by atoms with E-state index < -0.39 is 6.10 Å². The molecule has 1 aromatic carbocycles. The fourth-order valence-electron chi connectivity index (χ4n) is 3.23. The summed E-state index contributed by atoms with van der Waals surface area (Å²) >= 11 is 0. The minimum Gasteiger partial charge on any atom is -0.391 e. The molecule has 2 aromatic heterocycles. The number of aliphatic hydroxyl groups excluding tert-OH is 1. The summed E-state index contributed by atoms with van der Waals surface area (Å²) in [7, 11) is 1.83. The van der Waals surface area contributed by atoms with Gasteiger partial charge in [0.15, 0.2) is 5.65 Å². The normalized spacial score (nSPS) is 21.3. The lowest BCUT2D eigenvalue weighted by atomic mass is 10.0. The molecule has 0 amide bonds. The molecule has 1 aliphatic heterocycles. The molecule has 0 bridgehead atoms. The molecule has 1 aliphatic rings. The highest BCUT2D eigenvalue weighted by molar-refractivity contribution is 5.87. The van der Waals surface area contributed by atoms with Gasteiger partial charge in [0.25, 0.3) is 0 Å². The number of β-amino-alcohol motifs (C(OH)–C–C–N with tert-alkyl or cyclic N) is 1. The van der Waals surface area contributed by atoms with Crippen LogP contribution in [0.1, 0.15) is 18.0 Å². The maximum Gasteiger partial charge on any atom is 0.163 e. The van der Waals surface area contributed by atoms with Crippen molar-refractivity contribution in [3.63, 3.8) is 0 Å². The van der Waals surface area contributed by atoms with Crippen molar-refractivity contribution in [3.8, 4) is 0 Å². The van der Waals surface area contributed by atoms with E-state index in [1.807, 2.05) is 11.9 Å². The van der Waals surface area contributed by atoms with Crippen LogP contribution < -0.4 is 4.90 Å². The smallest absolute Gasteiger partial charge is 0.163 e. The van der Waals surface area contributed by atoms with Gasteiger partial charge in [0.05, 0.1) is 23.7 Å². The second-order valence-electron chi connectivity index (χ2n) is 5.81. The first-order valence-corrected chi connectivity index (χ1v) is 7.46. The third kappa shape index (κ3) is 2.33. The summed E-state index contributed by atoms with van der Waals surface area (Å²) in [5, 5.41) is 15.2. The Labute approximate surface area is 132 Å². The molecule has 3 aromatic rings. The molecule has 1 saturated heterocycles. The Bertz CT molecular complexity index is 847. The van der Waals surface area contributed by atoms with Gasteiger partial charge in [0.1, 0.15) is 18.0 Å². The highest BCUT2D eigenvalue weighted by Gasteiger charge is 2.34. The van der Waals surface area contributed by atoms with E-state index in [0.29, 0.717) is 13.0 Å². The average Bonchev–Trinajstić information content (AvgIpc) is 3.12. The largest absolute Gasteiger partial charge is 0.391 e. The molecular weight excluding hydrogens is 297 g/mol. The van der Waals surface area contributed by atoms with Crippen LogP contribution in [0.4, 0.5) is 10.2 Å². The van der Waals surface area contributed by atoms with Crippen LogP contribution >= 0.6 is 0 Å². The number of aliphatic hydroxyl groups is 1. The number of rotatable bonds is 2. The monoisotopic (exact) mass is 313 g/mol. The Hall–Kier alpha value is -2.54. The van der Waals surface area contributed by atoms with E-state index in [4.69, 9.17) is 0 Å². The third-order valence-electron chi connectivity index (χ3n) is 4.31. The summed E-state index contributed by atoms with van der Waals surface area (Å²) in [6, 6.07) is 6.35. The molecule has 7 heteroatoms. The number of nitrogens with zero attached hydrogens (tertiary/aromatic N) is 5. The standard InChI is InChI=1S/C16H16FN5O/c1-21-15-13(7-20-21)16(19-9-18-15)22-8-12(23)6-14(22)10-2-4-11(17)5-3-10/h2-5,7,9,12,14,23H,6,8H2,1H3/t12-,14-/m0/s1. The van der Waals surface area contributed by atoms with Crippen LogP contribution in [0.2, 0.25) is 0 Å². The lowest BCUT2D eigenvalue weighted by Crippen LogP contribution is -2.25. The van der Waals surface area contributed by atoms with E-state index in [1.165, 1.54) is 18.5 Å². The molecule has 4 rings (SSSR count). The molecule has 0 aliphatic carbocycles. The van der Waals surface area contributed by atoms with Gasteiger partial charge in [-0.05, 0) is 24.1 Å². The van der Waals surface area contributed by atoms with Crippen molar-refractivity contribution in [2.45, 2.75) is 18.6 Å². The van der Waals surface area contributed by atoms with Crippen molar-refractivity contribution >= 4 is 16.9 Å². The molecule has 1 N–H and O–H groups in total. The maximum absolute atomic E-state index is 13.2. The Morgan fingerprint density at radius 1 is 1.22 bits per heavy atom. The number of aryl methyl sites for hydroxylation is 1. The fraction of sp³-hybridized carbons (Fsp3) is 0.312. The number of hydrogen-bond acceptors (Lipinski definition) is 5. The van der Waals surface area contributed by atoms with E-state index in [0.717, 1.165) is 22.4 Å². The molecule has 1 fully saturated rings. The van der Waals surface area contributed by atoms with Crippen LogP contribution in [0.5, 0.6) is 0 Å². The molecule has 6 nitrogen and oxygen atoms in total. The van der Waals surface area contributed by atoms with Gasteiger partial charge in [-0.15, -0.1) is 0 Å². The summed E-state index contributed by atoms with van der Waals surface area (Å²) in [5.74, 6) is 0.476. The average molecular weight is 313 g/mol. The Morgan fingerprint density at radius 3 is 2.78 bits per heavy atom. The molecule has 0 radical (unpaired) electrons. The van der Waals surface area contributed by atoms with Crippen molar-refractivity contribution in [1.82, 2.24) is 19.7 Å². The van der Waals surface area contributed by atoms with Crippen LogP contribution in [-0.2, 0) is 7.05 Å². The summed E-state index contributed by atoms with van der Waals surface area (Å²) in [6.07, 6.45) is 3.37. The minimum absolute atomic E-state index is 0.0519. The van der Waals surface area contributed by atoms with E-state index >= 15 is 0 Å². The Kier molecular flexibility index (Phi) is 3.23. The molecule has 3 heterocycles. The lowest BCUT2D eigenvalue weighted by Gasteiger charge is -2.26. The molecule has 2 atom stereocenters. The van der Waals surface area contributed by atoms with Crippen molar-refractivity contribution in [2.75, 3.05) is 11.4 Å². The third-order valence-corrected chi connectivity index (χ3v) is 4.31. The predicted octanol–water partition coefficient (Wildman–Crippen LogP) is 1.81. The second kappa shape index (κ2) is 5.27. The number of anilines is 1. The first kappa shape index (κ1) is 14.1. The van der Waals surface area contributed by atoms with Crippen molar-refractivity contribution < 1.29 is 9.50 Å². The van der Waals surface area contributed by atoms with E-state index in [2.05, 4.69) is 15.1 Å². The van der Waals surface area contributed by atoms with Gasteiger partial charge in [-0.3, -0.25) is 4.68 Å². The molecule has 0 spiro atoms. The van der Waals surface area contributed by atoms with E-state index in [1.54, 1.807) is 23.0 Å². The summed E-state index contributed by atoms with van der Waals surface area (Å²) < 4.78 is 14.9. The number of halogens is 1. The first-order valence-electron chi connectivity index (χ1n) is 7.46. The van der Waals surface area contributed by atoms with Gasteiger partial charge < -0.3 is 10.0 Å². The zero-order chi connectivity index (χ0) is 16.0. The summed E-state index contributed by atoms with van der Waals surface area (Å²) in [6.45, 7) is 0.475. The van der Waals surface area contributed by atoms with Crippen LogP contribution in [0.15, 0.2) is 36.8 Å². The quantitative estimate of drug-likeness (QED) is 0.781. The zero-order valence-corrected chi connectivity index (χ0v) is 12.6. The van der Waals surface area contributed by atoms with E-state index in [9.17, 15) is 9.50 Å². The number of fused-ring (bicyclic) bond motifs is 1. The Morgan fingerprint density at radius 2 is 2.00 bits per heavy atom. The van der Waals surface area contributed by atoms with Crippen LogP contribution in [0.25, 0.3) is 11.0 Å². The number of benzene rings is 1. The zero-order valence-electron chi connectivity index (χ0n) is 12.6. The van der Waals surface area contributed by atoms with Crippen LogP contribution in [0, 0.1) is 5.82 Å². The predicted molar refractivity (Wildman–Crippen MR) is 83.4 cm³/mol. The molecule has 118 valence electrons. The second-order valence-corrected chi connectivity index (χ2v) is 5.81. The summed E-state index contributed by atoms with van der Waals surface area (Å²) in [5.41, 5.74) is 1.70. The first-order chi connectivity index (χ1) is 11.1. The van der Waals surface area contributed by atoms with Crippen molar-refractivity contribution in [1.29, 1.82) is 0 Å². The molecule has 23 heavy (non-hydrogen) atoms. The molecule has 0 unspecified atom stereocenters. The molecular formula is C16H16FN5O. The topological polar surface area (TPSA) is 67.1 Å². The van der Waals surface area contributed by atoms with Gasteiger partial charge >= 0.3 is 0 Å². The van der Waals surface area contributed by atoms with Gasteiger partial charge in [-0.25, -0.2) is 14.4 Å². The highest BCUT2D eigenvalue weighted by Crippen LogP contribution is 2.37. The van der Waals surface area contributed by atoms with Crippen LogP contribution in [-0.4, -0.2) is 37.5 Å². The van der Waals surface area contributed by atoms with Gasteiger partial charge in [0.2, 0.25) is 0 Å². The van der Waals surface area contributed by atoms with Gasteiger partial charge in [-0.1, -0.05) is 12.1 Å². The minimum atomic E-state index is -0.452. The maximum atomic E-state index is 13.2. The highest BCUT2D eigenvalue weighted by atomic mass is 19.1. The lowest BCUT2D eigenvalue weighted by molar-refractivity contribution is 0.194. The van der Waals surface area contributed by atoms with Crippen molar-refractivity contribution in [3.05, 3.63) is 48.2 Å². The van der Waals surface area contributed by atoms with Crippen molar-refractivity contribution in [2.24, 2.45) is 7.05 Å². The summed E-state index contributed by atoms with van der Waals surface area (Å²) in [4.78, 5) is 10.7.